The number of nitrogen functional groups attached to an aromatic ring is 1. The van der Waals surface area contributed by atoms with E-state index in [9.17, 15) is 8.42 Å². The summed E-state index contributed by atoms with van der Waals surface area (Å²) in [7, 11) is -3.46. The van der Waals surface area contributed by atoms with Gasteiger partial charge in [-0.2, -0.15) is 4.31 Å². The Morgan fingerprint density at radius 1 is 1.14 bits per heavy atom. The SMILES string of the molecule is Cc1ccc(S(=O)(=O)N2CCCC2C2CCCC2)c(N)c1. The van der Waals surface area contributed by atoms with Crippen LogP contribution in [0, 0.1) is 12.8 Å². The summed E-state index contributed by atoms with van der Waals surface area (Å²) in [5.74, 6) is 0.536. The molecular formula is C16H24N2O2S. The van der Waals surface area contributed by atoms with Crippen molar-refractivity contribution in [3.8, 4) is 0 Å². The van der Waals surface area contributed by atoms with Crippen LogP contribution >= 0.6 is 0 Å². The normalized spacial score (nSPS) is 24.7. The number of hydrogen-bond acceptors (Lipinski definition) is 3. The Hall–Kier alpha value is -1.07. The minimum Gasteiger partial charge on any atom is -0.398 e. The van der Waals surface area contributed by atoms with Crippen LogP contribution in [0.2, 0.25) is 0 Å². The molecule has 1 aliphatic heterocycles. The fourth-order valence-electron chi connectivity index (χ4n) is 3.91. The highest BCUT2D eigenvalue weighted by Gasteiger charge is 2.40. The Morgan fingerprint density at radius 2 is 1.86 bits per heavy atom. The number of aryl methyl sites for hydroxylation is 1. The Bertz CT molecular complexity index is 621. The molecule has 1 unspecified atom stereocenters. The fraction of sp³-hybridized carbons (Fsp3) is 0.625. The van der Waals surface area contributed by atoms with Gasteiger partial charge in [0, 0.05) is 12.6 Å². The van der Waals surface area contributed by atoms with Gasteiger partial charge >= 0.3 is 0 Å². The number of anilines is 1. The summed E-state index contributed by atoms with van der Waals surface area (Å²) < 4.78 is 27.7. The Labute approximate surface area is 127 Å². The van der Waals surface area contributed by atoms with Crippen molar-refractivity contribution >= 4 is 15.7 Å². The molecule has 21 heavy (non-hydrogen) atoms. The number of nitrogens with zero attached hydrogens (tertiary/aromatic N) is 1. The summed E-state index contributed by atoms with van der Waals surface area (Å²) in [5, 5.41) is 0. The molecule has 1 saturated heterocycles. The second-order valence-corrected chi connectivity index (χ2v) is 8.27. The molecule has 1 saturated carbocycles. The van der Waals surface area contributed by atoms with Crippen molar-refractivity contribution in [1.29, 1.82) is 0 Å². The molecule has 5 heteroatoms. The molecule has 0 spiro atoms. The lowest BCUT2D eigenvalue weighted by atomic mass is 9.97. The van der Waals surface area contributed by atoms with E-state index < -0.39 is 10.0 Å². The lowest BCUT2D eigenvalue weighted by molar-refractivity contribution is 0.288. The first-order valence-corrected chi connectivity index (χ1v) is 9.32. The van der Waals surface area contributed by atoms with Crippen LogP contribution in [0.3, 0.4) is 0 Å². The molecule has 2 N–H and O–H groups in total. The summed E-state index contributed by atoms with van der Waals surface area (Å²) >= 11 is 0. The molecular weight excluding hydrogens is 284 g/mol. The van der Waals surface area contributed by atoms with Crippen LogP contribution in [-0.2, 0) is 10.0 Å². The average molecular weight is 308 g/mol. The number of nitrogens with two attached hydrogens (primary N) is 1. The van der Waals surface area contributed by atoms with Crippen LogP contribution in [0.5, 0.6) is 0 Å². The lowest BCUT2D eigenvalue weighted by Crippen LogP contribution is -2.39. The van der Waals surface area contributed by atoms with Crippen molar-refractivity contribution in [2.45, 2.75) is 56.4 Å². The molecule has 2 fully saturated rings. The van der Waals surface area contributed by atoms with Crippen molar-refractivity contribution in [1.82, 2.24) is 4.31 Å². The van der Waals surface area contributed by atoms with Gasteiger partial charge in [-0.25, -0.2) is 8.42 Å². The summed E-state index contributed by atoms with van der Waals surface area (Å²) in [5.41, 5.74) is 7.32. The quantitative estimate of drug-likeness (QED) is 0.873. The zero-order valence-corrected chi connectivity index (χ0v) is 13.4. The molecule has 2 aliphatic rings. The fourth-order valence-corrected chi connectivity index (χ4v) is 5.76. The van der Waals surface area contributed by atoms with Crippen molar-refractivity contribution in [2.75, 3.05) is 12.3 Å². The first-order chi connectivity index (χ1) is 10.00. The molecule has 4 nitrogen and oxygen atoms in total. The molecule has 1 atom stereocenters. The lowest BCUT2D eigenvalue weighted by Gasteiger charge is -2.29. The van der Waals surface area contributed by atoms with Gasteiger partial charge in [0.05, 0.1) is 5.69 Å². The maximum Gasteiger partial charge on any atom is 0.245 e. The third kappa shape index (κ3) is 2.69. The van der Waals surface area contributed by atoms with Crippen LogP contribution in [0.25, 0.3) is 0 Å². The standard InChI is InChI=1S/C16H24N2O2S/c1-12-8-9-16(14(17)11-12)21(19,20)18-10-4-7-15(18)13-5-2-3-6-13/h8-9,11,13,15H,2-7,10,17H2,1H3. The van der Waals surface area contributed by atoms with Gasteiger partial charge in [0.15, 0.2) is 0 Å². The summed E-state index contributed by atoms with van der Waals surface area (Å²) in [6, 6.07) is 5.40. The molecule has 1 heterocycles. The van der Waals surface area contributed by atoms with Gasteiger partial charge in [0.2, 0.25) is 10.0 Å². The molecule has 116 valence electrons. The minimum absolute atomic E-state index is 0.179. The van der Waals surface area contributed by atoms with E-state index in [0.29, 0.717) is 18.2 Å². The predicted octanol–water partition coefficient (Wildman–Crippen LogP) is 2.92. The minimum atomic E-state index is -3.46. The van der Waals surface area contributed by atoms with Gasteiger partial charge in [-0.1, -0.05) is 18.9 Å². The summed E-state index contributed by atoms with van der Waals surface area (Å²) in [4.78, 5) is 0.276. The molecule has 3 rings (SSSR count). The third-order valence-electron chi connectivity index (χ3n) is 4.94. The zero-order valence-electron chi connectivity index (χ0n) is 12.6. The molecule has 0 bridgehead atoms. The topological polar surface area (TPSA) is 63.4 Å². The molecule has 0 radical (unpaired) electrons. The number of hydrogen-bond donors (Lipinski definition) is 1. The largest absolute Gasteiger partial charge is 0.398 e. The van der Waals surface area contributed by atoms with Crippen molar-refractivity contribution in [2.24, 2.45) is 5.92 Å². The Morgan fingerprint density at radius 3 is 2.52 bits per heavy atom. The van der Waals surface area contributed by atoms with Gasteiger partial charge in [0.25, 0.3) is 0 Å². The van der Waals surface area contributed by atoms with Crippen molar-refractivity contribution in [3.05, 3.63) is 23.8 Å². The maximum atomic E-state index is 13.0. The molecule has 1 aromatic rings. The van der Waals surface area contributed by atoms with E-state index in [1.165, 1.54) is 25.7 Å². The third-order valence-corrected chi connectivity index (χ3v) is 6.94. The van der Waals surface area contributed by atoms with E-state index in [1.807, 2.05) is 13.0 Å². The summed E-state index contributed by atoms with van der Waals surface area (Å²) in [6.45, 7) is 2.56. The number of benzene rings is 1. The van der Waals surface area contributed by atoms with Crippen LogP contribution in [0.1, 0.15) is 44.1 Å². The second kappa shape index (κ2) is 5.61. The Balaban J connectivity index is 1.93. The van der Waals surface area contributed by atoms with Crippen LogP contribution in [0.15, 0.2) is 23.1 Å². The van der Waals surface area contributed by atoms with Crippen LogP contribution < -0.4 is 5.73 Å². The maximum absolute atomic E-state index is 13.0. The van der Waals surface area contributed by atoms with E-state index >= 15 is 0 Å². The highest BCUT2D eigenvalue weighted by molar-refractivity contribution is 7.89. The van der Waals surface area contributed by atoms with Gasteiger partial charge in [0.1, 0.15) is 4.90 Å². The van der Waals surface area contributed by atoms with E-state index in [4.69, 9.17) is 5.73 Å². The molecule has 0 amide bonds. The molecule has 1 aromatic carbocycles. The number of rotatable bonds is 3. The first-order valence-electron chi connectivity index (χ1n) is 7.88. The Kier molecular flexibility index (Phi) is 3.97. The highest BCUT2D eigenvalue weighted by atomic mass is 32.2. The summed E-state index contributed by atoms with van der Waals surface area (Å²) in [6.07, 6.45) is 6.77. The van der Waals surface area contributed by atoms with Gasteiger partial charge < -0.3 is 5.73 Å². The first kappa shape index (κ1) is 14.9. The van der Waals surface area contributed by atoms with E-state index in [-0.39, 0.29) is 10.9 Å². The molecule has 1 aliphatic carbocycles. The van der Waals surface area contributed by atoms with Crippen molar-refractivity contribution in [3.63, 3.8) is 0 Å². The van der Waals surface area contributed by atoms with Crippen LogP contribution in [-0.4, -0.2) is 25.3 Å². The average Bonchev–Trinajstić information content (AvgIpc) is 3.09. The van der Waals surface area contributed by atoms with Gasteiger partial charge in [-0.05, 0) is 56.2 Å². The van der Waals surface area contributed by atoms with E-state index in [2.05, 4.69) is 0 Å². The van der Waals surface area contributed by atoms with Crippen molar-refractivity contribution < 1.29 is 8.42 Å². The van der Waals surface area contributed by atoms with Gasteiger partial charge in [-0.15, -0.1) is 0 Å². The number of sulfonamides is 1. The molecule has 0 aromatic heterocycles. The van der Waals surface area contributed by atoms with E-state index in [1.54, 1.807) is 16.4 Å². The second-order valence-electron chi connectivity index (χ2n) is 6.41. The van der Waals surface area contributed by atoms with E-state index in [0.717, 1.165) is 18.4 Å². The van der Waals surface area contributed by atoms with Crippen LogP contribution in [0.4, 0.5) is 5.69 Å². The highest BCUT2D eigenvalue weighted by Crippen LogP contribution is 2.38. The monoisotopic (exact) mass is 308 g/mol. The smallest absolute Gasteiger partial charge is 0.245 e. The predicted molar refractivity (Wildman–Crippen MR) is 84.5 cm³/mol. The zero-order chi connectivity index (χ0) is 15.0. The van der Waals surface area contributed by atoms with Gasteiger partial charge in [-0.3, -0.25) is 0 Å².